The lowest BCUT2D eigenvalue weighted by Gasteiger charge is -2.17. The normalized spacial score (nSPS) is 13.1. The van der Waals surface area contributed by atoms with Gasteiger partial charge in [0.1, 0.15) is 6.04 Å². The lowest BCUT2D eigenvalue weighted by atomic mass is 10.1. The molecule has 1 atom stereocenters. The lowest BCUT2D eigenvalue weighted by molar-refractivity contribution is -0.725. The number of hydrogen-bond donors (Lipinski definition) is 1. The van der Waals surface area contributed by atoms with Crippen LogP contribution in [0.5, 0.6) is 0 Å². The number of rotatable bonds is 5. The molecular weight excluding hydrogens is 170 g/mol. The van der Waals surface area contributed by atoms with Crippen LogP contribution in [0, 0.1) is 0 Å². The highest BCUT2D eigenvalue weighted by molar-refractivity contribution is 5.16. The Kier molecular flexibility index (Phi) is 4.68. The third-order valence-corrected chi connectivity index (χ3v) is 2.93. The maximum atomic E-state index is 2.48. The van der Waals surface area contributed by atoms with Crippen molar-refractivity contribution < 1.29 is 5.32 Å². The van der Waals surface area contributed by atoms with Gasteiger partial charge in [0.25, 0.3) is 0 Å². The second-order valence-electron chi connectivity index (χ2n) is 3.97. The van der Waals surface area contributed by atoms with Gasteiger partial charge < -0.3 is 5.32 Å². The van der Waals surface area contributed by atoms with Gasteiger partial charge in [-0.3, -0.25) is 0 Å². The lowest BCUT2D eigenvalue weighted by Crippen LogP contribution is -2.90. The molecule has 0 saturated carbocycles. The zero-order valence-corrected chi connectivity index (χ0v) is 9.53. The van der Waals surface area contributed by atoms with Crippen molar-refractivity contribution in [1.82, 2.24) is 0 Å². The molecule has 1 aromatic rings. The third-order valence-electron chi connectivity index (χ3n) is 2.93. The molecule has 0 aliphatic heterocycles. The van der Waals surface area contributed by atoms with Crippen LogP contribution in [-0.2, 0) is 0 Å². The van der Waals surface area contributed by atoms with Gasteiger partial charge in [0, 0.05) is 5.56 Å². The molecule has 0 bridgehead atoms. The molecule has 1 nitrogen and oxygen atoms in total. The molecule has 0 aliphatic rings. The van der Waals surface area contributed by atoms with Gasteiger partial charge in [-0.25, -0.2) is 0 Å². The molecule has 1 rings (SSSR count). The highest BCUT2D eigenvalue weighted by atomic mass is 14.9. The van der Waals surface area contributed by atoms with E-state index in [1.165, 1.54) is 18.4 Å². The summed E-state index contributed by atoms with van der Waals surface area (Å²) in [6.45, 7) is 6.82. The Bertz CT molecular complexity index is 239. The quantitative estimate of drug-likeness (QED) is 0.738. The molecule has 0 saturated heterocycles. The monoisotopic (exact) mass is 192 g/mol. The van der Waals surface area contributed by atoms with Crippen LogP contribution in [0.3, 0.4) is 0 Å². The first-order valence-corrected chi connectivity index (χ1v) is 5.67. The summed E-state index contributed by atoms with van der Waals surface area (Å²) in [5, 5.41) is 2.48. The first-order valence-electron chi connectivity index (χ1n) is 5.67. The molecule has 0 aromatic heterocycles. The molecule has 0 heterocycles. The summed E-state index contributed by atoms with van der Waals surface area (Å²) >= 11 is 0. The van der Waals surface area contributed by atoms with E-state index in [-0.39, 0.29) is 0 Å². The van der Waals surface area contributed by atoms with Gasteiger partial charge in [-0.15, -0.1) is 0 Å². The number of nitrogens with two attached hydrogens (primary N) is 1. The Morgan fingerprint density at radius 1 is 1.07 bits per heavy atom. The fourth-order valence-electron chi connectivity index (χ4n) is 1.84. The average molecular weight is 192 g/mol. The van der Waals surface area contributed by atoms with Gasteiger partial charge in [0.15, 0.2) is 0 Å². The molecule has 0 aliphatic carbocycles. The smallest absolute Gasteiger partial charge is 0.109 e. The molecule has 0 radical (unpaired) electrons. The Hall–Kier alpha value is -0.820. The van der Waals surface area contributed by atoms with Crippen molar-refractivity contribution in [3.63, 3.8) is 0 Å². The van der Waals surface area contributed by atoms with Crippen LogP contribution in [0.4, 0.5) is 0 Å². The van der Waals surface area contributed by atoms with Crippen LogP contribution in [0.2, 0.25) is 0 Å². The minimum atomic E-state index is 0.584. The molecule has 0 amide bonds. The van der Waals surface area contributed by atoms with Gasteiger partial charge in [-0.1, -0.05) is 44.2 Å². The van der Waals surface area contributed by atoms with Gasteiger partial charge >= 0.3 is 0 Å². The van der Waals surface area contributed by atoms with Crippen LogP contribution in [0.15, 0.2) is 30.3 Å². The topological polar surface area (TPSA) is 16.6 Å². The number of hydrogen-bond acceptors (Lipinski definition) is 0. The average Bonchev–Trinajstić information content (AvgIpc) is 2.26. The molecule has 78 valence electrons. The first kappa shape index (κ1) is 11.3. The number of benzene rings is 1. The largest absolute Gasteiger partial charge is 0.338 e. The standard InChI is InChI=1S/C13H21N/c1-4-13(5-2)14-11(3)12-9-7-6-8-10-12/h6-11,13-14H,4-5H2,1-3H3/p+1/t11-/m0/s1. The van der Waals surface area contributed by atoms with E-state index in [9.17, 15) is 0 Å². The Morgan fingerprint density at radius 2 is 1.64 bits per heavy atom. The summed E-state index contributed by atoms with van der Waals surface area (Å²) in [4.78, 5) is 0. The van der Waals surface area contributed by atoms with Gasteiger partial charge in [-0.2, -0.15) is 0 Å². The predicted molar refractivity (Wildman–Crippen MR) is 61.2 cm³/mol. The Balaban J connectivity index is 2.54. The minimum Gasteiger partial charge on any atom is -0.338 e. The second-order valence-corrected chi connectivity index (χ2v) is 3.97. The van der Waals surface area contributed by atoms with Gasteiger partial charge in [-0.05, 0) is 19.8 Å². The summed E-state index contributed by atoms with van der Waals surface area (Å²) < 4.78 is 0. The summed E-state index contributed by atoms with van der Waals surface area (Å²) in [5.41, 5.74) is 1.43. The predicted octanol–water partition coefficient (Wildman–Crippen LogP) is 2.50. The van der Waals surface area contributed by atoms with Crippen molar-refractivity contribution in [2.24, 2.45) is 0 Å². The molecule has 0 unspecified atom stereocenters. The summed E-state index contributed by atoms with van der Waals surface area (Å²) in [5.74, 6) is 0. The SMILES string of the molecule is CCC(CC)[NH2+][C@@H](C)c1ccccc1. The van der Waals surface area contributed by atoms with Crippen molar-refractivity contribution in [2.45, 2.75) is 45.7 Å². The van der Waals surface area contributed by atoms with Gasteiger partial charge in [0.05, 0.1) is 6.04 Å². The van der Waals surface area contributed by atoms with Crippen molar-refractivity contribution in [3.8, 4) is 0 Å². The molecular formula is C13H22N+. The first-order chi connectivity index (χ1) is 6.77. The van der Waals surface area contributed by atoms with E-state index in [4.69, 9.17) is 0 Å². The molecule has 1 aromatic carbocycles. The van der Waals surface area contributed by atoms with E-state index < -0.39 is 0 Å². The van der Waals surface area contributed by atoms with E-state index in [2.05, 4.69) is 56.4 Å². The van der Waals surface area contributed by atoms with E-state index in [0.29, 0.717) is 6.04 Å². The van der Waals surface area contributed by atoms with Crippen molar-refractivity contribution in [1.29, 1.82) is 0 Å². The van der Waals surface area contributed by atoms with Crippen LogP contribution in [0.25, 0.3) is 0 Å². The fraction of sp³-hybridized carbons (Fsp3) is 0.538. The highest BCUT2D eigenvalue weighted by Crippen LogP contribution is 2.07. The maximum absolute atomic E-state index is 2.48. The third kappa shape index (κ3) is 3.15. The number of quaternary nitrogens is 1. The molecule has 0 spiro atoms. The van der Waals surface area contributed by atoms with E-state index in [1.54, 1.807) is 0 Å². The zero-order chi connectivity index (χ0) is 10.4. The van der Waals surface area contributed by atoms with E-state index in [1.807, 2.05) is 0 Å². The fourth-order valence-corrected chi connectivity index (χ4v) is 1.84. The summed E-state index contributed by atoms with van der Waals surface area (Å²) in [6, 6.07) is 12.1. The zero-order valence-electron chi connectivity index (χ0n) is 9.53. The van der Waals surface area contributed by atoms with E-state index in [0.717, 1.165) is 6.04 Å². The van der Waals surface area contributed by atoms with Crippen LogP contribution >= 0.6 is 0 Å². The van der Waals surface area contributed by atoms with Crippen LogP contribution in [0.1, 0.15) is 45.2 Å². The van der Waals surface area contributed by atoms with Crippen LogP contribution < -0.4 is 5.32 Å². The van der Waals surface area contributed by atoms with Crippen molar-refractivity contribution >= 4 is 0 Å². The maximum Gasteiger partial charge on any atom is 0.109 e. The molecule has 0 fully saturated rings. The highest BCUT2D eigenvalue weighted by Gasteiger charge is 2.13. The van der Waals surface area contributed by atoms with E-state index >= 15 is 0 Å². The van der Waals surface area contributed by atoms with Crippen LogP contribution in [-0.4, -0.2) is 6.04 Å². The molecule has 1 heteroatoms. The Morgan fingerprint density at radius 3 is 2.14 bits per heavy atom. The van der Waals surface area contributed by atoms with Crippen molar-refractivity contribution in [3.05, 3.63) is 35.9 Å². The second kappa shape index (κ2) is 5.82. The van der Waals surface area contributed by atoms with Crippen molar-refractivity contribution in [2.75, 3.05) is 0 Å². The van der Waals surface area contributed by atoms with Gasteiger partial charge in [0.2, 0.25) is 0 Å². The Labute approximate surface area is 87.5 Å². The summed E-state index contributed by atoms with van der Waals surface area (Å²) in [7, 11) is 0. The minimum absolute atomic E-state index is 0.584. The summed E-state index contributed by atoms with van der Waals surface area (Å²) in [6.07, 6.45) is 2.52. The molecule has 14 heavy (non-hydrogen) atoms. The molecule has 2 N–H and O–H groups in total.